The minimum Gasteiger partial charge on any atom is -0.490 e. The fraction of sp³-hybridized carbons (Fsp3) is 0.458. The van der Waals surface area contributed by atoms with Gasteiger partial charge >= 0.3 is 0 Å². The standard InChI is InChI=1S/C24H32N2O3/c1-5-23(29-22-15-17(2)14-18(3)16-22)24(27)25-19-6-8-20(9-7-19)28-21-10-12-26(4)13-11-21/h6-9,14-16,21,23H,5,10-13H2,1-4H3,(H,25,27)/t23-/m1/s1. The molecule has 1 saturated heterocycles. The minimum atomic E-state index is -0.536. The number of ether oxygens (including phenoxy) is 2. The second-order valence-corrected chi connectivity index (χ2v) is 7.97. The van der Waals surface area contributed by atoms with Gasteiger partial charge in [-0.15, -0.1) is 0 Å². The Morgan fingerprint density at radius 3 is 2.28 bits per heavy atom. The quantitative estimate of drug-likeness (QED) is 0.745. The van der Waals surface area contributed by atoms with E-state index in [9.17, 15) is 4.79 Å². The summed E-state index contributed by atoms with van der Waals surface area (Å²) in [5.41, 5.74) is 2.99. The van der Waals surface area contributed by atoms with Crippen LogP contribution >= 0.6 is 0 Å². The van der Waals surface area contributed by atoms with Gasteiger partial charge in [0.05, 0.1) is 0 Å². The average Bonchev–Trinajstić information content (AvgIpc) is 2.68. The predicted octanol–water partition coefficient (Wildman–Crippen LogP) is 4.57. The van der Waals surface area contributed by atoms with Crippen LogP contribution in [0.25, 0.3) is 0 Å². The molecule has 1 atom stereocenters. The molecule has 1 fully saturated rings. The molecule has 0 unspecified atom stereocenters. The van der Waals surface area contributed by atoms with E-state index in [1.54, 1.807) is 0 Å². The molecule has 3 rings (SSSR count). The third-order valence-corrected chi connectivity index (χ3v) is 5.23. The lowest BCUT2D eigenvalue weighted by Crippen LogP contribution is -2.35. The molecule has 156 valence electrons. The fourth-order valence-electron chi connectivity index (χ4n) is 3.62. The molecular formula is C24H32N2O3. The molecular weight excluding hydrogens is 364 g/mol. The number of carbonyl (C=O) groups is 1. The molecule has 29 heavy (non-hydrogen) atoms. The van der Waals surface area contributed by atoms with Gasteiger partial charge in [-0.05, 0) is 87.7 Å². The number of likely N-dealkylation sites (tertiary alicyclic amines) is 1. The van der Waals surface area contributed by atoms with Crippen LogP contribution in [0.5, 0.6) is 11.5 Å². The van der Waals surface area contributed by atoms with Crippen LogP contribution in [0, 0.1) is 13.8 Å². The Hall–Kier alpha value is -2.53. The number of nitrogens with one attached hydrogen (secondary N) is 1. The second kappa shape index (κ2) is 9.79. The first-order valence-corrected chi connectivity index (χ1v) is 10.4. The Bertz CT molecular complexity index is 791. The first-order valence-electron chi connectivity index (χ1n) is 10.4. The highest BCUT2D eigenvalue weighted by atomic mass is 16.5. The van der Waals surface area contributed by atoms with Gasteiger partial charge in [-0.2, -0.15) is 0 Å². The molecule has 0 aromatic heterocycles. The van der Waals surface area contributed by atoms with Gasteiger partial charge in [0, 0.05) is 18.8 Å². The first-order chi connectivity index (χ1) is 13.9. The number of carbonyl (C=O) groups excluding carboxylic acids is 1. The topological polar surface area (TPSA) is 50.8 Å². The van der Waals surface area contributed by atoms with Crippen LogP contribution in [0.15, 0.2) is 42.5 Å². The van der Waals surface area contributed by atoms with E-state index < -0.39 is 6.10 Å². The van der Waals surface area contributed by atoms with E-state index in [0.29, 0.717) is 6.42 Å². The van der Waals surface area contributed by atoms with Crippen LogP contribution in [0.1, 0.15) is 37.3 Å². The number of aryl methyl sites for hydroxylation is 2. The summed E-state index contributed by atoms with van der Waals surface area (Å²) in [7, 11) is 2.14. The number of anilines is 1. The molecule has 1 N–H and O–H groups in total. The molecule has 0 bridgehead atoms. The maximum atomic E-state index is 12.7. The van der Waals surface area contributed by atoms with Crippen molar-refractivity contribution in [2.45, 2.75) is 52.2 Å². The van der Waals surface area contributed by atoms with Gasteiger partial charge in [0.1, 0.15) is 17.6 Å². The van der Waals surface area contributed by atoms with Gasteiger partial charge < -0.3 is 19.7 Å². The SMILES string of the molecule is CC[C@@H](Oc1cc(C)cc(C)c1)C(=O)Nc1ccc(OC2CCN(C)CC2)cc1. The Kier molecular flexibility index (Phi) is 7.15. The van der Waals surface area contributed by atoms with E-state index in [1.807, 2.05) is 57.2 Å². The fourth-order valence-corrected chi connectivity index (χ4v) is 3.62. The highest BCUT2D eigenvalue weighted by molar-refractivity contribution is 5.94. The summed E-state index contributed by atoms with van der Waals surface area (Å²) in [6, 6.07) is 13.6. The molecule has 2 aromatic rings. The van der Waals surface area contributed by atoms with Crippen LogP contribution < -0.4 is 14.8 Å². The van der Waals surface area contributed by atoms with Crippen LogP contribution in [-0.4, -0.2) is 43.2 Å². The monoisotopic (exact) mass is 396 g/mol. The van der Waals surface area contributed by atoms with Crippen molar-refractivity contribution in [2.24, 2.45) is 0 Å². The molecule has 1 amide bonds. The van der Waals surface area contributed by atoms with Gasteiger partial charge in [0.2, 0.25) is 0 Å². The lowest BCUT2D eigenvalue weighted by atomic mass is 10.1. The molecule has 0 radical (unpaired) electrons. The summed E-state index contributed by atoms with van der Waals surface area (Å²) in [6.07, 6.45) is 2.41. The lowest BCUT2D eigenvalue weighted by Gasteiger charge is -2.29. The van der Waals surface area contributed by atoms with E-state index in [-0.39, 0.29) is 12.0 Å². The van der Waals surface area contributed by atoms with Gasteiger partial charge in [0.15, 0.2) is 6.10 Å². The van der Waals surface area contributed by atoms with E-state index >= 15 is 0 Å². The number of benzene rings is 2. The Morgan fingerprint density at radius 2 is 1.69 bits per heavy atom. The van der Waals surface area contributed by atoms with Crippen LogP contribution in [-0.2, 0) is 4.79 Å². The average molecular weight is 397 g/mol. The van der Waals surface area contributed by atoms with Crippen molar-refractivity contribution in [2.75, 3.05) is 25.5 Å². The summed E-state index contributed by atoms with van der Waals surface area (Å²) >= 11 is 0. The largest absolute Gasteiger partial charge is 0.490 e. The Morgan fingerprint density at radius 1 is 1.07 bits per heavy atom. The highest BCUT2D eigenvalue weighted by Crippen LogP contribution is 2.22. The molecule has 1 aliphatic heterocycles. The van der Waals surface area contributed by atoms with Crippen molar-refractivity contribution in [3.8, 4) is 11.5 Å². The molecule has 0 aliphatic carbocycles. The summed E-state index contributed by atoms with van der Waals surface area (Å²) < 4.78 is 12.0. The van der Waals surface area contributed by atoms with Crippen LogP contribution in [0.2, 0.25) is 0 Å². The maximum Gasteiger partial charge on any atom is 0.265 e. The van der Waals surface area contributed by atoms with E-state index in [0.717, 1.165) is 54.2 Å². The van der Waals surface area contributed by atoms with Crippen molar-refractivity contribution in [3.63, 3.8) is 0 Å². The molecule has 0 saturated carbocycles. The van der Waals surface area contributed by atoms with Crippen molar-refractivity contribution in [1.29, 1.82) is 0 Å². The number of hydrogen-bond acceptors (Lipinski definition) is 4. The number of rotatable bonds is 7. The van der Waals surface area contributed by atoms with E-state index in [2.05, 4.69) is 23.3 Å². The minimum absolute atomic E-state index is 0.143. The zero-order chi connectivity index (χ0) is 20.8. The number of nitrogens with zero attached hydrogens (tertiary/aromatic N) is 1. The molecule has 1 aliphatic rings. The third-order valence-electron chi connectivity index (χ3n) is 5.23. The van der Waals surface area contributed by atoms with Crippen LogP contribution in [0.4, 0.5) is 5.69 Å². The number of piperidine rings is 1. The van der Waals surface area contributed by atoms with Gasteiger partial charge in [-0.3, -0.25) is 4.79 Å². The maximum absolute atomic E-state index is 12.7. The number of hydrogen-bond donors (Lipinski definition) is 1. The predicted molar refractivity (Wildman–Crippen MR) is 117 cm³/mol. The lowest BCUT2D eigenvalue weighted by molar-refractivity contribution is -0.122. The van der Waals surface area contributed by atoms with Gasteiger partial charge in [-0.25, -0.2) is 0 Å². The summed E-state index contributed by atoms with van der Waals surface area (Å²) in [5.74, 6) is 1.43. The van der Waals surface area contributed by atoms with Crippen LogP contribution in [0.3, 0.4) is 0 Å². The summed E-state index contributed by atoms with van der Waals surface area (Å²) in [4.78, 5) is 15.0. The van der Waals surface area contributed by atoms with Gasteiger partial charge in [0.25, 0.3) is 5.91 Å². The molecule has 5 nitrogen and oxygen atoms in total. The molecule has 1 heterocycles. The second-order valence-electron chi connectivity index (χ2n) is 7.97. The molecule has 0 spiro atoms. The molecule has 5 heteroatoms. The summed E-state index contributed by atoms with van der Waals surface area (Å²) in [5, 5.41) is 2.95. The smallest absolute Gasteiger partial charge is 0.265 e. The Labute approximate surface area is 174 Å². The van der Waals surface area contributed by atoms with Crippen molar-refractivity contribution in [1.82, 2.24) is 4.90 Å². The van der Waals surface area contributed by atoms with Crippen molar-refractivity contribution >= 4 is 11.6 Å². The summed E-state index contributed by atoms with van der Waals surface area (Å²) in [6.45, 7) is 8.13. The van der Waals surface area contributed by atoms with E-state index in [1.165, 1.54) is 0 Å². The normalized spacial score (nSPS) is 16.3. The zero-order valence-electron chi connectivity index (χ0n) is 17.9. The first kappa shape index (κ1) is 21.2. The highest BCUT2D eigenvalue weighted by Gasteiger charge is 2.20. The van der Waals surface area contributed by atoms with Crippen molar-refractivity contribution < 1.29 is 14.3 Å². The number of amides is 1. The molecule has 2 aromatic carbocycles. The van der Waals surface area contributed by atoms with Gasteiger partial charge in [-0.1, -0.05) is 13.0 Å². The zero-order valence-corrected chi connectivity index (χ0v) is 17.9. The van der Waals surface area contributed by atoms with Crippen molar-refractivity contribution in [3.05, 3.63) is 53.6 Å². The Balaban J connectivity index is 1.55. The third kappa shape index (κ3) is 6.23. The van der Waals surface area contributed by atoms with E-state index in [4.69, 9.17) is 9.47 Å².